The van der Waals surface area contributed by atoms with Crippen LogP contribution in [-0.4, -0.2) is 29.1 Å². The van der Waals surface area contributed by atoms with E-state index in [1.54, 1.807) is 28.7 Å². The van der Waals surface area contributed by atoms with E-state index >= 15 is 0 Å². The number of nitrogen functional groups attached to an aromatic ring is 2. The summed E-state index contributed by atoms with van der Waals surface area (Å²) in [6.07, 6.45) is 6.49. The number of aromatic amines is 1. The summed E-state index contributed by atoms with van der Waals surface area (Å²) in [6, 6.07) is 6.42. The zero-order valence-electron chi connectivity index (χ0n) is 16.5. The maximum atomic E-state index is 11.7. The van der Waals surface area contributed by atoms with Gasteiger partial charge in [-0.15, -0.1) is 0 Å². The standard InChI is InChI=1S/C9H9ClN4O.C5H5ClN2O.C4H5BrN2/c1-13-3-2-8(12-13)14-5-6(10)4-7(11)9(14)15;6-3-1-4(7)5(9)8-2-3;1-7-3-2-4(5)6-7/h2-5H,11H2,1H3;1-2H,7H2,(H,8,9);2-3H,1H3. The van der Waals surface area contributed by atoms with Crippen LogP contribution in [0.1, 0.15) is 0 Å². The van der Waals surface area contributed by atoms with Crippen molar-refractivity contribution in [2.75, 3.05) is 11.5 Å². The average Bonchev–Trinajstić information content (AvgIpc) is 3.30. The summed E-state index contributed by atoms with van der Waals surface area (Å²) in [4.78, 5) is 24.5. The highest BCUT2D eigenvalue weighted by Crippen LogP contribution is 2.11. The van der Waals surface area contributed by atoms with Gasteiger partial charge in [0.25, 0.3) is 11.1 Å². The van der Waals surface area contributed by atoms with E-state index in [1.807, 2.05) is 19.3 Å². The predicted octanol–water partition coefficient (Wildman–Crippen LogP) is 2.60. The minimum Gasteiger partial charge on any atom is -0.394 e. The summed E-state index contributed by atoms with van der Waals surface area (Å²) >= 11 is 14.5. The lowest BCUT2D eigenvalue weighted by Gasteiger charge is -2.03. The molecule has 0 fully saturated rings. The largest absolute Gasteiger partial charge is 0.394 e. The molecule has 0 aliphatic heterocycles. The van der Waals surface area contributed by atoms with Crippen LogP contribution in [-0.2, 0) is 14.1 Å². The lowest BCUT2D eigenvalue weighted by molar-refractivity contribution is 0.747. The normalized spacial score (nSPS) is 9.97. The van der Waals surface area contributed by atoms with Crippen molar-refractivity contribution in [2.45, 2.75) is 0 Å². The Labute approximate surface area is 195 Å². The van der Waals surface area contributed by atoms with Crippen LogP contribution in [0.2, 0.25) is 10.0 Å². The van der Waals surface area contributed by atoms with Crippen molar-refractivity contribution < 1.29 is 0 Å². The Balaban J connectivity index is 0.000000181. The molecular formula is C18H19BrCl2N8O2. The first-order chi connectivity index (χ1) is 14.6. The van der Waals surface area contributed by atoms with Crippen LogP contribution in [0, 0.1) is 0 Å². The number of nitrogens with one attached hydrogen (secondary N) is 1. The van der Waals surface area contributed by atoms with Gasteiger partial charge in [0.05, 0.1) is 21.4 Å². The maximum absolute atomic E-state index is 11.7. The molecule has 4 heterocycles. The van der Waals surface area contributed by atoms with E-state index in [9.17, 15) is 9.59 Å². The Morgan fingerprint density at radius 1 is 0.968 bits per heavy atom. The van der Waals surface area contributed by atoms with E-state index in [2.05, 4.69) is 31.1 Å². The van der Waals surface area contributed by atoms with E-state index in [4.69, 9.17) is 34.7 Å². The summed E-state index contributed by atoms with van der Waals surface area (Å²) in [7, 11) is 3.65. The number of nitrogens with two attached hydrogens (primary N) is 2. The van der Waals surface area contributed by atoms with Gasteiger partial charge in [-0.2, -0.15) is 10.2 Å². The van der Waals surface area contributed by atoms with Crippen LogP contribution in [0.25, 0.3) is 5.82 Å². The van der Waals surface area contributed by atoms with Gasteiger partial charge in [0, 0.05) is 44.9 Å². The van der Waals surface area contributed by atoms with Crippen molar-refractivity contribution in [1.82, 2.24) is 29.1 Å². The van der Waals surface area contributed by atoms with Gasteiger partial charge in [0.15, 0.2) is 5.82 Å². The Morgan fingerprint density at radius 3 is 2.03 bits per heavy atom. The fourth-order valence-corrected chi connectivity index (χ4v) is 2.89. The molecule has 31 heavy (non-hydrogen) atoms. The number of pyridine rings is 2. The first-order valence-corrected chi connectivity index (χ1v) is 10.1. The fraction of sp³-hybridized carbons (Fsp3) is 0.111. The molecule has 4 aromatic heterocycles. The van der Waals surface area contributed by atoms with Crippen LogP contribution < -0.4 is 22.6 Å². The molecule has 0 amide bonds. The monoisotopic (exact) mass is 528 g/mol. The van der Waals surface area contributed by atoms with Gasteiger partial charge in [0.1, 0.15) is 4.60 Å². The molecule has 0 radical (unpaired) electrons. The third kappa shape index (κ3) is 7.31. The molecule has 0 saturated carbocycles. The molecule has 0 saturated heterocycles. The van der Waals surface area contributed by atoms with Gasteiger partial charge < -0.3 is 16.5 Å². The molecule has 164 valence electrons. The van der Waals surface area contributed by atoms with Crippen molar-refractivity contribution in [1.29, 1.82) is 0 Å². The number of rotatable bonds is 1. The molecule has 0 atom stereocenters. The smallest absolute Gasteiger partial charge is 0.279 e. The lowest BCUT2D eigenvalue weighted by Crippen LogP contribution is -2.21. The third-order valence-electron chi connectivity index (χ3n) is 3.54. The summed E-state index contributed by atoms with van der Waals surface area (Å²) < 4.78 is 5.54. The molecule has 0 spiro atoms. The first kappa shape index (κ1) is 24.3. The summed E-state index contributed by atoms with van der Waals surface area (Å²) in [5.74, 6) is 0.497. The molecule has 10 nitrogen and oxygen atoms in total. The van der Waals surface area contributed by atoms with Crippen LogP contribution in [0.15, 0.2) is 63.2 Å². The third-order valence-corrected chi connectivity index (χ3v) is 4.38. The Kier molecular flexibility index (Phi) is 8.48. The number of aromatic nitrogens is 6. The molecule has 5 N–H and O–H groups in total. The van der Waals surface area contributed by atoms with Crippen molar-refractivity contribution in [2.24, 2.45) is 14.1 Å². The molecule has 0 bridgehead atoms. The summed E-state index contributed by atoms with van der Waals surface area (Å²) in [6.45, 7) is 0. The quantitative estimate of drug-likeness (QED) is 0.346. The van der Waals surface area contributed by atoms with Gasteiger partial charge in [-0.05, 0) is 34.1 Å². The van der Waals surface area contributed by atoms with E-state index in [0.717, 1.165) is 4.60 Å². The van der Waals surface area contributed by atoms with Crippen LogP contribution in [0.4, 0.5) is 11.4 Å². The number of hydrogen-bond acceptors (Lipinski definition) is 6. The Bertz CT molecular complexity index is 1260. The van der Waals surface area contributed by atoms with Crippen molar-refractivity contribution in [3.63, 3.8) is 0 Å². The first-order valence-electron chi connectivity index (χ1n) is 8.53. The molecular weight excluding hydrogens is 511 g/mol. The zero-order chi connectivity index (χ0) is 23.1. The van der Waals surface area contributed by atoms with Crippen molar-refractivity contribution in [3.05, 3.63) is 84.4 Å². The lowest BCUT2D eigenvalue weighted by atomic mass is 10.4. The molecule has 4 aromatic rings. The molecule has 13 heteroatoms. The highest BCUT2D eigenvalue weighted by atomic mass is 79.9. The second kappa shape index (κ2) is 10.8. The second-order valence-electron chi connectivity index (χ2n) is 6.05. The van der Waals surface area contributed by atoms with E-state index in [1.165, 1.54) is 29.1 Å². The number of nitrogens with zero attached hydrogens (tertiary/aromatic N) is 5. The summed E-state index contributed by atoms with van der Waals surface area (Å²) in [5.41, 5.74) is 10.3. The molecule has 4 rings (SSSR count). The Morgan fingerprint density at radius 2 is 1.58 bits per heavy atom. The van der Waals surface area contributed by atoms with E-state index in [0.29, 0.717) is 15.9 Å². The number of halogens is 3. The number of H-pyrrole nitrogens is 1. The van der Waals surface area contributed by atoms with E-state index in [-0.39, 0.29) is 22.5 Å². The number of aryl methyl sites for hydroxylation is 2. The van der Waals surface area contributed by atoms with Gasteiger partial charge in [-0.25, -0.2) is 0 Å². The molecule has 0 unspecified atom stereocenters. The van der Waals surface area contributed by atoms with Crippen LogP contribution in [0.5, 0.6) is 0 Å². The van der Waals surface area contributed by atoms with Crippen LogP contribution >= 0.6 is 39.1 Å². The maximum Gasteiger partial charge on any atom is 0.279 e. The second-order valence-corrected chi connectivity index (χ2v) is 7.74. The van der Waals surface area contributed by atoms with Crippen molar-refractivity contribution in [3.8, 4) is 5.82 Å². The zero-order valence-corrected chi connectivity index (χ0v) is 19.6. The van der Waals surface area contributed by atoms with Gasteiger partial charge in [-0.3, -0.25) is 23.5 Å². The molecule has 0 aliphatic rings. The topological polar surface area (TPSA) is 143 Å². The number of hydrogen-bond donors (Lipinski definition) is 3. The van der Waals surface area contributed by atoms with Gasteiger partial charge >= 0.3 is 0 Å². The van der Waals surface area contributed by atoms with Crippen molar-refractivity contribution >= 4 is 50.5 Å². The molecule has 0 aliphatic carbocycles. The average molecular weight is 530 g/mol. The van der Waals surface area contributed by atoms with Crippen LogP contribution in [0.3, 0.4) is 0 Å². The minimum atomic E-state index is -0.321. The highest BCUT2D eigenvalue weighted by Gasteiger charge is 2.06. The number of anilines is 2. The summed E-state index contributed by atoms with van der Waals surface area (Å²) in [5, 5.41) is 8.87. The van der Waals surface area contributed by atoms with Gasteiger partial charge in [0.2, 0.25) is 0 Å². The van der Waals surface area contributed by atoms with E-state index < -0.39 is 0 Å². The SMILES string of the molecule is Cn1ccc(-n2cc(Cl)cc(N)c2=O)n1.Cn1ccc(Br)n1.Nc1cc(Cl)c[nH]c1=O. The minimum absolute atomic E-state index is 0.105. The molecule has 0 aromatic carbocycles. The van der Waals surface area contributed by atoms with Gasteiger partial charge in [-0.1, -0.05) is 23.2 Å². The predicted molar refractivity (Wildman–Crippen MR) is 126 cm³/mol. The fourth-order valence-electron chi connectivity index (χ4n) is 2.13. The Hall–Kier alpha value is -3.02. The highest BCUT2D eigenvalue weighted by molar-refractivity contribution is 9.10.